The number of quaternary nitrogens is 1. The summed E-state index contributed by atoms with van der Waals surface area (Å²) in [5.41, 5.74) is 0.297. The molecular formula is C24H37FNO2+. The second-order valence-corrected chi connectivity index (χ2v) is 11.3. The molecule has 8 atom stereocenters. The molecule has 4 heteroatoms. The van der Waals surface area contributed by atoms with Crippen molar-refractivity contribution < 1.29 is 18.4 Å². The van der Waals surface area contributed by atoms with Crippen LogP contribution in [0.4, 0.5) is 4.39 Å². The number of nitrogens with zero attached hydrogens (tertiary/aromatic N) is 1. The van der Waals surface area contributed by atoms with Gasteiger partial charge in [0.05, 0.1) is 7.05 Å². The Labute approximate surface area is 169 Å². The fourth-order valence-corrected chi connectivity index (χ4v) is 8.61. The molecule has 5 rings (SSSR count). The molecular weight excluding hydrogens is 353 g/mol. The molecule has 1 saturated heterocycles. The summed E-state index contributed by atoms with van der Waals surface area (Å²) in [6.07, 6.45) is 12.8. The largest absolute Gasteiger partial charge is 0.374 e. The predicted octanol–water partition coefficient (Wildman–Crippen LogP) is 5.01. The molecule has 2 heterocycles. The summed E-state index contributed by atoms with van der Waals surface area (Å²) < 4.78 is 21.2. The Balaban J connectivity index is 1.51. The topological polar surface area (TPSA) is 26.3 Å². The molecule has 0 spiro atoms. The van der Waals surface area contributed by atoms with E-state index in [1.165, 1.54) is 38.5 Å². The van der Waals surface area contributed by atoms with Crippen LogP contribution in [0.5, 0.6) is 0 Å². The fourth-order valence-electron chi connectivity index (χ4n) is 8.61. The quantitative estimate of drug-likeness (QED) is 0.620. The molecule has 0 aromatic carbocycles. The van der Waals surface area contributed by atoms with E-state index in [1.807, 2.05) is 7.05 Å². The minimum atomic E-state index is -0.486. The van der Waals surface area contributed by atoms with Crippen molar-refractivity contribution in [1.82, 2.24) is 0 Å². The Hall–Kier alpha value is -0.740. The van der Waals surface area contributed by atoms with E-state index in [1.54, 1.807) is 6.08 Å². The first-order valence-corrected chi connectivity index (χ1v) is 11.7. The van der Waals surface area contributed by atoms with E-state index in [0.29, 0.717) is 23.8 Å². The zero-order valence-corrected chi connectivity index (χ0v) is 17.9. The molecule has 0 N–H and O–H groups in total. The number of ether oxygens (including phenoxy) is 1. The van der Waals surface area contributed by atoms with Crippen LogP contribution in [0.15, 0.2) is 11.9 Å². The third kappa shape index (κ3) is 2.56. The highest BCUT2D eigenvalue weighted by molar-refractivity contribution is 5.86. The lowest BCUT2D eigenvalue weighted by atomic mass is 9.48. The summed E-state index contributed by atoms with van der Waals surface area (Å²) in [4.78, 5) is 13.1. The summed E-state index contributed by atoms with van der Waals surface area (Å²) in [5, 5.41) is 0. The molecule has 28 heavy (non-hydrogen) atoms. The lowest BCUT2D eigenvalue weighted by molar-refractivity contribution is -0.873. The van der Waals surface area contributed by atoms with Crippen LogP contribution in [0.25, 0.3) is 0 Å². The van der Waals surface area contributed by atoms with Crippen LogP contribution in [0.3, 0.4) is 0 Å². The highest BCUT2D eigenvalue weighted by Crippen LogP contribution is 2.64. The zero-order valence-electron chi connectivity index (χ0n) is 17.9. The first-order valence-electron chi connectivity index (χ1n) is 11.7. The molecule has 2 aliphatic heterocycles. The molecule has 5 aliphatic rings. The third-order valence-corrected chi connectivity index (χ3v) is 9.91. The van der Waals surface area contributed by atoms with Gasteiger partial charge in [0.25, 0.3) is 0 Å². The van der Waals surface area contributed by atoms with E-state index in [9.17, 15) is 4.79 Å². The van der Waals surface area contributed by atoms with Crippen molar-refractivity contribution >= 4 is 5.91 Å². The van der Waals surface area contributed by atoms with Gasteiger partial charge in [0.15, 0.2) is 0 Å². The Kier molecular flexibility index (Phi) is 4.38. The van der Waals surface area contributed by atoms with Gasteiger partial charge in [-0.15, -0.1) is 0 Å². The van der Waals surface area contributed by atoms with E-state index in [-0.39, 0.29) is 28.0 Å². The summed E-state index contributed by atoms with van der Waals surface area (Å²) in [6, 6.07) is 0.190. The molecule has 1 unspecified atom stereocenters. The lowest BCUT2D eigenvalue weighted by Crippen LogP contribution is -2.70. The van der Waals surface area contributed by atoms with Crippen molar-refractivity contribution in [2.24, 2.45) is 28.6 Å². The van der Waals surface area contributed by atoms with E-state index in [2.05, 4.69) is 13.8 Å². The Bertz CT molecular complexity index is 701. The smallest absolute Gasteiger partial charge is 0.372 e. The highest BCUT2D eigenvalue weighted by Gasteiger charge is 2.64. The normalized spacial score (nSPS) is 53.4. The number of likely N-dealkylation sites (N-methyl/N-ethyl adjacent to an activating group) is 1. The van der Waals surface area contributed by atoms with Crippen molar-refractivity contribution in [3.8, 4) is 0 Å². The van der Waals surface area contributed by atoms with Gasteiger partial charge in [-0.3, -0.25) is 4.48 Å². The second kappa shape index (κ2) is 6.38. The van der Waals surface area contributed by atoms with Crippen LogP contribution in [0.1, 0.15) is 71.6 Å². The first kappa shape index (κ1) is 19.2. The molecule has 156 valence electrons. The van der Waals surface area contributed by atoms with Crippen LogP contribution in [-0.4, -0.2) is 42.7 Å². The van der Waals surface area contributed by atoms with Gasteiger partial charge in [0.1, 0.15) is 18.7 Å². The molecule has 0 radical (unpaired) electrons. The van der Waals surface area contributed by atoms with Crippen molar-refractivity contribution in [3.05, 3.63) is 11.9 Å². The maximum Gasteiger partial charge on any atom is 0.374 e. The summed E-state index contributed by atoms with van der Waals surface area (Å²) >= 11 is 0. The van der Waals surface area contributed by atoms with Gasteiger partial charge in [0, 0.05) is 18.4 Å². The molecule has 3 saturated carbocycles. The minimum Gasteiger partial charge on any atom is -0.372 e. The van der Waals surface area contributed by atoms with Gasteiger partial charge in [-0.2, -0.15) is 4.39 Å². The van der Waals surface area contributed by atoms with Crippen LogP contribution >= 0.6 is 0 Å². The van der Waals surface area contributed by atoms with Crippen LogP contribution in [-0.2, 0) is 9.53 Å². The number of amides is 1. The summed E-state index contributed by atoms with van der Waals surface area (Å²) in [7, 11) is 2.00. The van der Waals surface area contributed by atoms with Crippen molar-refractivity contribution in [3.63, 3.8) is 0 Å². The Morgan fingerprint density at radius 1 is 1.11 bits per heavy atom. The Morgan fingerprint density at radius 2 is 1.93 bits per heavy atom. The first-order chi connectivity index (χ1) is 13.3. The molecule has 4 fully saturated rings. The Morgan fingerprint density at radius 3 is 2.68 bits per heavy atom. The number of carbonyl (C=O) groups is 1. The van der Waals surface area contributed by atoms with Gasteiger partial charge in [0.2, 0.25) is 5.83 Å². The second-order valence-electron chi connectivity index (χ2n) is 11.3. The molecule has 3 aliphatic carbocycles. The van der Waals surface area contributed by atoms with Crippen LogP contribution < -0.4 is 0 Å². The van der Waals surface area contributed by atoms with Gasteiger partial charge < -0.3 is 4.74 Å². The average molecular weight is 391 g/mol. The minimum absolute atomic E-state index is 0.103. The van der Waals surface area contributed by atoms with E-state index < -0.39 is 5.83 Å². The molecule has 0 aromatic rings. The molecule has 1 amide bonds. The summed E-state index contributed by atoms with van der Waals surface area (Å²) in [5.74, 6) is 1.23. The standard InChI is InChI=1S/C24H37FNO2/c1-23-11-4-7-18(23)17-8-9-21-24(2,19(17)10-12-23)14-20(25)22(27)26(21,3)15-16-6-5-13-28-16/h14,16-19,21H,4-13,15H2,1-3H3/q+1/t16-,17-,18-,19-,21+,23-,24+,26?/m0/s1. The zero-order chi connectivity index (χ0) is 19.7. The van der Waals surface area contributed by atoms with Crippen molar-refractivity contribution in [1.29, 1.82) is 0 Å². The number of hydrogen-bond donors (Lipinski definition) is 0. The SMILES string of the molecule is C[C@@]12CCC[C@H]1[C@@H]1CC[C@@H]3[C@](C)(C=C(F)C(=O)[N+]3(C)C[C@@H]3CCCO3)[C@H]1CC2. The van der Waals surface area contributed by atoms with Gasteiger partial charge in [-0.1, -0.05) is 13.3 Å². The van der Waals surface area contributed by atoms with Crippen molar-refractivity contribution in [2.75, 3.05) is 20.2 Å². The number of halogens is 1. The van der Waals surface area contributed by atoms with Gasteiger partial charge in [-0.05, 0) is 81.1 Å². The highest BCUT2D eigenvalue weighted by atomic mass is 19.1. The van der Waals surface area contributed by atoms with E-state index in [0.717, 1.165) is 31.8 Å². The fraction of sp³-hybridized carbons (Fsp3) is 0.875. The van der Waals surface area contributed by atoms with Crippen LogP contribution in [0.2, 0.25) is 0 Å². The number of rotatable bonds is 2. The van der Waals surface area contributed by atoms with E-state index in [4.69, 9.17) is 4.74 Å². The van der Waals surface area contributed by atoms with Gasteiger partial charge in [-0.25, -0.2) is 4.79 Å². The number of fused-ring (bicyclic) bond motifs is 5. The molecule has 3 nitrogen and oxygen atoms in total. The third-order valence-electron chi connectivity index (χ3n) is 9.91. The van der Waals surface area contributed by atoms with Gasteiger partial charge >= 0.3 is 5.91 Å². The average Bonchev–Trinajstić information content (AvgIpc) is 3.28. The number of carbonyl (C=O) groups excluding carboxylic acids is 1. The van der Waals surface area contributed by atoms with Crippen molar-refractivity contribution in [2.45, 2.75) is 83.8 Å². The monoisotopic (exact) mass is 390 g/mol. The van der Waals surface area contributed by atoms with E-state index >= 15 is 4.39 Å². The van der Waals surface area contributed by atoms with Crippen LogP contribution in [0, 0.1) is 28.6 Å². The lowest BCUT2D eigenvalue weighted by Gasteiger charge is -2.61. The molecule has 0 bridgehead atoms. The molecule has 0 aromatic heterocycles. The maximum atomic E-state index is 15.1. The predicted molar refractivity (Wildman–Crippen MR) is 107 cm³/mol. The summed E-state index contributed by atoms with van der Waals surface area (Å²) in [6.45, 7) is 6.21. The number of hydrogen-bond acceptors (Lipinski definition) is 2. The maximum absolute atomic E-state index is 15.1.